The molecule has 2 N–H and O–H groups in total. The van der Waals surface area contributed by atoms with Gasteiger partial charge in [-0.05, 0) is 52.9 Å². The molecule has 4 rings (SSSR count). The number of carbonyl (C=O) groups is 2. The SMILES string of the molecule is NC1=NC(=O)/C(=C/c2cc(Br)ccc2OC(=O)c2cccc3ccccc23)S1. The number of hydrogen-bond donors (Lipinski definition) is 1. The van der Waals surface area contributed by atoms with Gasteiger partial charge >= 0.3 is 5.97 Å². The van der Waals surface area contributed by atoms with E-state index in [0.29, 0.717) is 21.8 Å². The summed E-state index contributed by atoms with van der Waals surface area (Å²) in [7, 11) is 0. The Morgan fingerprint density at radius 3 is 2.68 bits per heavy atom. The van der Waals surface area contributed by atoms with Crippen LogP contribution >= 0.6 is 27.7 Å². The molecule has 138 valence electrons. The molecule has 0 atom stereocenters. The average molecular weight is 453 g/mol. The van der Waals surface area contributed by atoms with E-state index in [-0.39, 0.29) is 5.17 Å². The average Bonchev–Trinajstić information content (AvgIpc) is 3.00. The van der Waals surface area contributed by atoms with Crippen LogP contribution in [0.1, 0.15) is 15.9 Å². The number of nitrogens with two attached hydrogens (primary N) is 1. The highest BCUT2D eigenvalue weighted by molar-refractivity contribution is 9.10. The quantitative estimate of drug-likeness (QED) is 0.352. The van der Waals surface area contributed by atoms with Crippen LogP contribution in [0.15, 0.2) is 75.0 Å². The van der Waals surface area contributed by atoms with E-state index in [1.807, 2.05) is 36.4 Å². The second-order valence-corrected chi connectivity index (χ2v) is 7.94. The maximum atomic E-state index is 12.8. The summed E-state index contributed by atoms with van der Waals surface area (Å²) in [5.74, 6) is -0.541. The van der Waals surface area contributed by atoms with E-state index in [2.05, 4.69) is 20.9 Å². The van der Waals surface area contributed by atoms with Crippen LogP contribution in [-0.2, 0) is 4.79 Å². The Morgan fingerprint density at radius 1 is 1.11 bits per heavy atom. The van der Waals surface area contributed by atoms with E-state index in [1.54, 1.807) is 30.3 Å². The van der Waals surface area contributed by atoms with Crippen molar-refractivity contribution in [1.82, 2.24) is 0 Å². The summed E-state index contributed by atoms with van der Waals surface area (Å²) < 4.78 is 6.46. The third kappa shape index (κ3) is 3.72. The number of aliphatic imine (C=N–C) groups is 1. The molecule has 28 heavy (non-hydrogen) atoms. The number of rotatable bonds is 3. The Hall–Kier alpha value is -2.90. The number of thioether (sulfide) groups is 1. The van der Waals surface area contributed by atoms with Gasteiger partial charge in [0, 0.05) is 10.0 Å². The van der Waals surface area contributed by atoms with Crippen LogP contribution in [0.3, 0.4) is 0 Å². The zero-order valence-corrected chi connectivity index (χ0v) is 16.8. The van der Waals surface area contributed by atoms with Crippen LogP contribution in [0.5, 0.6) is 5.75 Å². The molecule has 1 aliphatic rings. The second kappa shape index (κ2) is 7.61. The van der Waals surface area contributed by atoms with Crippen molar-refractivity contribution < 1.29 is 14.3 Å². The molecule has 0 saturated heterocycles. The van der Waals surface area contributed by atoms with Crippen molar-refractivity contribution in [2.45, 2.75) is 0 Å². The first-order chi connectivity index (χ1) is 13.5. The lowest BCUT2D eigenvalue weighted by molar-refractivity contribution is -0.113. The highest BCUT2D eigenvalue weighted by atomic mass is 79.9. The molecule has 0 aromatic heterocycles. The van der Waals surface area contributed by atoms with Crippen LogP contribution in [0.4, 0.5) is 0 Å². The summed E-state index contributed by atoms with van der Waals surface area (Å²) in [4.78, 5) is 28.8. The van der Waals surface area contributed by atoms with Gasteiger partial charge in [-0.1, -0.05) is 52.3 Å². The Morgan fingerprint density at radius 2 is 1.89 bits per heavy atom. The predicted molar refractivity (Wildman–Crippen MR) is 115 cm³/mol. The molecule has 5 nitrogen and oxygen atoms in total. The first-order valence-corrected chi connectivity index (χ1v) is 9.90. The molecule has 1 heterocycles. The Labute approximate surface area is 173 Å². The fourth-order valence-electron chi connectivity index (χ4n) is 2.85. The van der Waals surface area contributed by atoms with E-state index in [4.69, 9.17) is 10.5 Å². The number of amides is 1. The lowest BCUT2D eigenvalue weighted by atomic mass is 10.0. The van der Waals surface area contributed by atoms with Crippen molar-refractivity contribution in [2.24, 2.45) is 10.7 Å². The molecular weight excluding hydrogens is 440 g/mol. The zero-order chi connectivity index (χ0) is 19.7. The summed E-state index contributed by atoms with van der Waals surface area (Å²) in [5, 5.41) is 1.96. The van der Waals surface area contributed by atoms with Gasteiger partial charge in [0.25, 0.3) is 5.91 Å². The van der Waals surface area contributed by atoms with Gasteiger partial charge in [0.15, 0.2) is 5.17 Å². The monoisotopic (exact) mass is 452 g/mol. The summed E-state index contributed by atoms with van der Waals surface area (Å²) in [6.07, 6.45) is 1.62. The summed E-state index contributed by atoms with van der Waals surface area (Å²) in [6, 6.07) is 18.3. The first-order valence-electron chi connectivity index (χ1n) is 8.29. The van der Waals surface area contributed by atoms with Crippen LogP contribution in [0, 0.1) is 0 Å². The van der Waals surface area contributed by atoms with E-state index in [9.17, 15) is 9.59 Å². The maximum absolute atomic E-state index is 12.8. The summed E-state index contributed by atoms with van der Waals surface area (Å²) in [6.45, 7) is 0. The number of halogens is 1. The summed E-state index contributed by atoms with van der Waals surface area (Å²) >= 11 is 4.49. The highest BCUT2D eigenvalue weighted by Crippen LogP contribution is 2.32. The van der Waals surface area contributed by atoms with Gasteiger partial charge in [-0.3, -0.25) is 4.79 Å². The molecule has 0 radical (unpaired) electrons. The number of esters is 1. The molecule has 0 saturated carbocycles. The summed E-state index contributed by atoms with van der Waals surface area (Å²) in [5.41, 5.74) is 6.65. The second-order valence-electron chi connectivity index (χ2n) is 5.96. The van der Waals surface area contributed by atoms with Crippen molar-refractivity contribution in [3.05, 3.63) is 81.2 Å². The van der Waals surface area contributed by atoms with Crippen molar-refractivity contribution in [3.63, 3.8) is 0 Å². The van der Waals surface area contributed by atoms with E-state index in [1.165, 1.54) is 0 Å². The number of hydrogen-bond acceptors (Lipinski definition) is 5. The Balaban J connectivity index is 1.69. The minimum absolute atomic E-state index is 0.195. The van der Waals surface area contributed by atoms with Gasteiger partial charge in [-0.25, -0.2) is 4.79 Å². The van der Waals surface area contributed by atoms with Crippen LogP contribution in [0.25, 0.3) is 16.8 Å². The Kier molecular flexibility index (Phi) is 5.02. The van der Waals surface area contributed by atoms with E-state index >= 15 is 0 Å². The van der Waals surface area contributed by atoms with E-state index in [0.717, 1.165) is 27.0 Å². The molecule has 0 spiro atoms. The molecule has 0 fully saturated rings. The Bertz CT molecular complexity index is 1180. The van der Waals surface area contributed by atoms with Gasteiger partial charge in [0.05, 0.1) is 10.5 Å². The number of carbonyl (C=O) groups excluding carboxylic acids is 2. The molecule has 0 bridgehead atoms. The molecule has 0 aliphatic carbocycles. The van der Waals surface area contributed by atoms with Crippen molar-refractivity contribution >= 4 is 61.6 Å². The number of ether oxygens (including phenoxy) is 1. The van der Waals surface area contributed by atoms with Crippen molar-refractivity contribution in [2.75, 3.05) is 0 Å². The molecule has 0 unspecified atom stereocenters. The van der Waals surface area contributed by atoms with Gasteiger partial charge in [-0.2, -0.15) is 4.99 Å². The van der Waals surface area contributed by atoms with Gasteiger partial charge in [-0.15, -0.1) is 0 Å². The van der Waals surface area contributed by atoms with Crippen LogP contribution in [0.2, 0.25) is 0 Å². The third-order valence-corrected chi connectivity index (χ3v) is 5.41. The number of fused-ring (bicyclic) bond motifs is 1. The van der Waals surface area contributed by atoms with Gasteiger partial charge < -0.3 is 10.5 Å². The maximum Gasteiger partial charge on any atom is 0.344 e. The molecular formula is C21H13BrN2O3S. The minimum Gasteiger partial charge on any atom is -0.422 e. The number of amidine groups is 1. The topological polar surface area (TPSA) is 81.8 Å². The normalized spacial score (nSPS) is 15.1. The molecule has 7 heteroatoms. The van der Waals surface area contributed by atoms with Gasteiger partial charge in [0.1, 0.15) is 5.75 Å². The largest absolute Gasteiger partial charge is 0.422 e. The lowest BCUT2D eigenvalue weighted by Crippen LogP contribution is -2.10. The highest BCUT2D eigenvalue weighted by Gasteiger charge is 2.21. The fraction of sp³-hybridized carbons (Fsp3) is 0. The van der Waals surface area contributed by atoms with Crippen molar-refractivity contribution in [1.29, 1.82) is 0 Å². The van der Waals surface area contributed by atoms with Crippen LogP contribution < -0.4 is 10.5 Å². The predicted octanol–water partition coefficient (Wildman–Crippen LogP) is 4.75. The molecule has 1 aliphatic heterocycles. The number of nitrogens with zero attached hydrogens (tertiary/aromatic N) is 1. The van der Waals surface area contributed by atoms with Gasteiger partial charge in [0.2, 0.25) is 0 Å². The van der Waals surface area contributed by atoms with Crippen molar-refractivity contribution in [3.8, 4) is 5.75 Å². The zero-order valence-electron chi connectivity index (χ0n) is 14.4. The molecule has 3 aromatic rings. The number of benzene rings is 3. The smallest absolute Gasteiger partial charge is 0.344 e. The lowest BCUT2D eigenvalue weighted by Gasteiger charge is -2.10. The standard InChI is InChI=1S/C21H13BrN2O3S/c22-14-8-9-17(13(10-14)11-18-19(25)24-21(23)28-18)27-20(26)16-7-3-5-12-4-1-2-6-15(12)16/h1-11H,(H2,23,24,25)/b18-11-. The molecule has 1 amide bonds. The third-order valence-electron chi connectivity index (χ3n) is 4.11. The fourth-order valence-corrected chi connectivity index (χ4v) is 3.90. The van der Waals surface area contributed by atoms with Crippen LogP contribution in [-0.4, -0.2) is 17.0 Å². The molecule has 3 aromatic carbocycles. The first kappa shape index (κ1) is 18.5. The van der Waals surface area contributed by atoms with E-state index < -0.39 is 11.9 Å². The minimum atomic E-state index is -0.472.